The monoisotopic (exact) mass is 289 g/mol. The van der Waals surface area contributed by atoms with Crippen LogP contribution < -0.4 is 5.32 Å². The topological polar surface area (TPSA) is 29.9 Å². The zero-order valence-corrected chi connectivity index (χ0v) is 12.2. The Morgan fingerprint density at radius 3 is 2.35 bits per heavy atom. The summed E-state index contributed by atoms with van der Waals surface area (Å²) in [5.41, 5.74) is 2.21. The molecule has 20 heavy (non-hydrogen) atoms. The van der Waals surface area contributed by atoms with Gasteiger partial charge in [0.15, 0.2) is 0 Å². The van der Waals surface area contributed by atoms with Gasteiger partial charge < -0.3 is 5.32 Å². The third kappa shape index (κ3) is 3.34. The summed E-state index contributed by atoms with van der Waals surface area (Å²) in [5, 5.41) is 7.64. The zero-order valence-electron chi connectivity index (χ0n) is 12.2. The molecule has 6 heteroatoms. The minimum Gasteiger partial charge on any atom is -0.307 e. The Kier molecular flexibility index (Phi) is 4.42. The minimum atomic E-state index is -4.03. The van der Waals surface area contributed by atoms with Crippen molar-refractivity contribution in [1.82, 2.24) is 15.1 Å². The first-order valence-electron chi connectivity index (χ1n) is 7.10. The molecule has 0 bridgehead atoms. The standard InChI is InChI=1S/C14H22F3N3/c1-9(13-8-18-20(3)10(13)2)19-12-6-4-11(5-7-12)14(15,16)17/h8-9,11-12,19H,4-7H2,1-3H3. The molecule has 1 fully saturated rings. The lowest BCUT2D eigenvalue weighted by Crippen LogP contribution is -2.38. The molecule has 1 aromatic rings. The van der Waals surface area contributed by atoms with Gasteiger partial charge in [0.05, 0.1) is 12.1 Å². The predicted molar refractivity (Wildman–Crippen MR) is 71.3 cm³/mol. The van der Waals surface area contributed by atoms with Crippen LogP contribution >= 0.6 is 0 Å². The highest BCUT2D eigenvalue weighted by Crippen LogP contribution is 2.37. The van der Waals surface area contributed by atoms with E-state index >= 15 is 0 Å². The minimum absolute atomic E-state index is 0.121. The highest BCUT2D eigenvalue weighted by Gasteiger charge is 2.41. The van der Waals surface area contributed by atoms with Gasteiger partial charge in [-0.25, -0.2) is 0 Å². The van der Waals surface area contributed by atoms with Crippen LogP contribution in [0.2, 0.25) is 0 Å². The van der Waals surface area contributed by atoms with Gasteiger partial charge in [0.1, 0.15) is 0 Å². The van der Waals surface area contributed by atoms with E-state index in [4.69, 9.17) is 0 Å². The van der Waals surface area contributed by atoms with Crippen molar-refractivity contribution in [3.05, 3.63) is 17.5 Å². The maximum atomic E-state index is 12.6. The van der Waals surface area contributed by atoms with Crippen molar-refractivity contribution in [3.63, 3.8) is 0 Å². The normalized spacial score (nSPS) is 25.7. The van der Waals surface area contributed by atoms with Crippen LogP contribution in [0.25, 0.3) is 0 Å². The molecule has 0 aliphatic heterocycles. The van der Waals surface area contributed by atoms with Crippen molar-refractivity contribution in [1.29, 1.82) is 0 Å². The third-order valence-electron chi connectivity index (χ3n) is 4.42. The van der Waals surface area contributed by atoms with Gasteiger partial charge in [-0.15, -0.1) is 0 Å². The summed E-state index contributed by atoms with van der Waals surface area (Å²) < 4.78 is 39.7. The SMILES string of the molecule is Cc1c(C(C)NC2CCC(C(F)(F)F)CC2)cnn1C. The lowest BCUT2D eigenvalue weighted by atomic mass is 9.85. The van der Waals surface area contributed by atoms with Crippen molar-refractivity contribution in [3.8, 4) is 0 Å². The first kappa shape index (κ1) is 15.4. The number of hydrogen-bond donors (Lipinski definition) is 1. The van der Waals surface area contributed by atoms with Gasteiger partial charge in [0.2, 0.25) is 0 Å². The maximum Gasteiger partial charge on any atom is 0.391 e. The lowest BCUT2D eigenvalue weighted by Gasteiger charge is -2.32. The van der Waals surface area contributed by atoms with Crippen LogP contribution in [0.4, 0.5) is 13.2 Å². The quantitative estimate of drug-likeness (QED) is 0.923. The van der Waals surface area contributed by atoms with E-state index in [1.807, 2.05) is 31.8 Å². The van der Waals surface area contributed by atoms with Gasteiger partial charge in [-0.3, -0.25) is 4.68 Å². The number of rotatable bonds is 3. The van der Waals surface area contributed by atoms with Gasteiger partial charge in [-0.2, -0.15) is 18.3 Å². The second-order valence-electron chi connectivity index (χ2n) is 5.79. The molecule has 0 aromatic carbocycles. The number of aryl methyl sites for hydroxylation is 1. The van der Waals surface area contributed by atoms with E-state index in [-0.39, 0.29) is 24.9 Å². The van der Waals surface area contributed by atoms with Crippen LogP contribution in [0.1, 0.15) is 49.9 Å². The van der Waals surface area contributed by atoms with Gasteiger partial charge in [0.25, 0.3) is 0 Å². The molecule has 1 heterocycles. The lowest BCUT2D eigenvalue weighted by molar-refractivity contribution is -0.182. The Balaban J connectivity index is 1.88. The fraction of sp³-hybridized carbons (Fsp3) is 0.786. The van der Waals surface area contributed by atoms with Crippen LogP contribution in [-0.2, 0) is 7.05 Å². The molecule has 1 aromatic heterocycles. The van der Waals surface area contributed by atoms with E-state index < -0.39 is 12.1 Å². The van der Waals surface area contributed by atoms with E-state index in [2.05, 4.69) is 10.4 Å². The van der Waals surface area contributed by atoms with Crippen LogP contribution in [0.3, 0.4) is 0 Å². The number of hydrogen-bond acceptors (Lipinski definition) is 2. The summed E-state index contributed by atoms with van der Waals surface area (Å²) in [7, 11) is 1.89. The first-order valence-corrected chi connectivity index (χ1v) is 7.10. The van der Waals surface area contributed by atoms with E-state index in [9.17, 15) is 13.2 Å². The summed E-state index contributed by atoms with van der Waals surface area (Å²) in [5.74, 6) is -1.11. The average Bonchev–Trinajstić information content (AvgIpc) is 2.69. The van der Waals surface area contributed by atoms with Crippen LogP contribution in [0, 0.1) is 12.8 Å². The van der Waals surface area contributed by atoms with Crippen LogP contribution in [0.15, 0.2) is 6.20 Å². The van der Waals surface area contributed by atoms with Crippen molar-refractivity contribution in [2.45, 2.75) is 57.8 Å². The van der Waals surface area contributed by atoms with E-state index in [1.165, 1.54) is 0 Å². The van der Waals surface area contributed by atoms with Gasteiger partial charge in [-0.1, -0.05) is 0 Å². The molecule has 1 aliphatic rings. The zero-order chi connectivity index (χ0) is 14.9. The summed E-state index contributed by atoms with van der Waals surface area (Å²) in [4.78, 5) is 0. The molecule has 1 unspecified atom stereocenters. The number of halogens is 3. The molecule has 0 amide bonds. The smallest absolute Gasteiger partial charge is 0.307 e. The average molecular weight is 289 g/mol. The number of aromatic nitrogens is 2. The molecule has 1 N–H and O–H groups in total. The molecular weight excluding hydrogens is 267 g/mol. The van der Waals surface area contributed by atoms with Crippen molar-refractivity contribution in [2.24, 2.45) is 13.0 Å². The second-order valence-corrected chi connectivity index (χ2v) is 5.79. The maximum absolute atomic E-state index is 12.6. The largest absolute Gasteiger partial charge is 0.391 e. The molecule has 3 nitrogen and oxygen atoms in total. The Morgan fingerprint density at radius 1 is 1.30 bits per heavy atom. The molecular formula is C14H22F3N3. The predicted octanol–water partition coefficient (Wildman–Crippen LogP) is 3.50. The highest BCUT2D eigenvalue weighted by atomic mass is 19.4. The molecule has 1 atom stereocenters. The fourth-order valence-electron chi connectivity index (χ4n) is 2.97. The number of nitrogens with one attached hydrogen (secondary N) is 1. The van der Waals surface area contributed by atoms with E-state index in [0.29, 0.717) is 12.8 Å². The fourth-order valence-corrected chi connectivity index (χ4v) is 2.97. The summed E-state index contributed by atoms with van der Waals surface area (Å²) in [6.45, 7) is 4.04. The third-order valence-corrected chi connectivity index (χ3v) is 4.42. The van der Waals surface area contributed by atoms with E-state index in [1.54, 1.807) is 0 Å². The van der Waals surface area contributed by atoms with Crippen LogP contribution in [-0.4, -0.2) is 22.0 Å². The summed E-state index contributed by atoms with van der Waals surface area (Å²) in [6, 6.07) is 0.291. The molecule has 1 saturated carbocycles. The summed E-state index contributed by atoms with van der Waals surface area (Å²) >= 11 is 0. The van der Waals surface area contributed by atoms with Crippen LogP contribution in [0.5, 0.6) is 0 Å². The van der Waals surface area contributed by atoms with Crippen molar-refractivity contribution < 1.29 is 13.2 Å². The van der Waals surface area contributed by atoms with Gasteiger partial charge in [-0.05, 0) is 39.5 Å². The van der Waals surface area contributed by atoms with Crippen molar-refractivity contribution >= 4 is 0 Å². The number of alkyl halides is 3. The molecule has 0 saturated heterocycles. The molecule has 0 radical (unpaired) electrons. The molecule has 114 valence electrons. The Hall–Kier alpha value is -1.04. The van der Waals surface area contributed by atoms with E-state index in [0.717, 1.165) is 11.3 Å². The second kappa shape index (κ2) is 5.76. The molecule has 1 aliphatic carbocycles. The Labute approximate surface area is 117 Å². The van der Waals surface area contributed by atoms with Crippen molar-refractivity contribution in [2.75, 3.05) is 0 Å². The summed E-state index contributed by atoms with van der Waals surface area (Å²) in [6.07, 6.45) is -0.549. The van der Waals surface area contributed by atoms with Gasteiger partial charge >= 0.3 is 6.18 Å². The Morgan fingerprint density at radius 2 is 1.90 bits per heavy atom. The van der Waals surface area contributed by atoms with Gasteiger partial charge in [0, 0.05) is 30.4 Å². The first-order chi connectivity index (χ1) is 9.29. The Bertz CT molecular complexity index is 445. The molecule has 2 rings (SSSR count). The number of nitrogens with zero attached hydrogens (tertiary/aromatic N) is 2. The molecule has 0 spiro atoms. The highest BCUT2D eigenvalue weighted by molar-refractivity contribution is 5.19.